The molecule has 1 aliphatic rings. The number of H-pyrrole nitrogens is 1. The van der Waals surface area contributed by atoms with Crippen LogP contribution < -0.4 is 19.9 Å². The van der Waals surface area contributed by atoms with Crippen molar-refractivity contribution in [1.82, 2.24) is 25.2 Å². The fraction of sp³-hybridized carbons (Fsp3) is 0.385. The van der Waals surface area contributed by atoms with Gasteiger partial charge in [0.2, 0.25) is 0 Å². The molecule has 9 heteroatoms. The summed E-state index contributed by atoms with van der Waals surface area (Å²) in [6.07, 6.45) is 1.97. The van der Waals surface area contributed by atoms with E-state index in [-0.39, 0.29) is 11.1 Å². The number of tetrazole rings is 1. The molecule has 182 valence electrons. The lowest BCUT2D eigenvalue weighted by molar-refractivity contribution is 0.329. The molecule has 3 heterocycles. The molecule has 4 aromatic rings. The Bertz CT molecular complexity index is 1440. The van der Waals surface area contributed by atoms with Crippen LogP contribution in [0.25, 0.3) is 10.9 Å². The minimum absolute atomic E-state index is 0.193. The molecule has 0 unspecified atom stereocenters. The second-order valence-electron chi connectivity index (χ2n) is 9.80. The Hall–Kier alpha value is -3.88. The molecule has 0 saturated heterocycles. The number of hydrogen-bond donors (Lipinski definition) is 1. The first-order valence-corrected chi connectivity index (χ1v) is 11.7. The zero-order valence-electron chi connectivity index (χ0n) is 20.7. The van der Waals surface area contributed by atoms with E-state index < -0.39 is 6.04 Å². The number of nitrogens with one attached hydrogen (secondary N) is 1. The Balaban J connectivity index is 1.77. The highest BCUT2D eigenvalue weighted by atomic mass is 16.5. The van der Waals surface area contributed by atoms with Gasteiger partial charge in [-0.2, -0.15) is 0 Å². The number of methoxy groups -OCH3 is 2. The molecular weight excluding hydrogens is 444 g/mol. The van der Waals surface area contributed by atoms with Gasteiger partial charge in [-0.3, -0.25) is 4.79 Å². The van der Waals surface area contributed by atoms with Crippen molar-refractivity contribution in [3.63, 3.8) is 0 Å². The molecule has 1 aliphatic heterocycles. The Morgan fingerprint density at radius 1 is 1.06 bits per heavy atom. The van der Waals surface area contributed by atoms with Gasteiger partial charge in [-0.05, 0) is 67.8 Å². The van der Waals surface area contributed by atoms with Crippen LogP contribution in [0, 0.1) is 0 Å². The third kappa shape index (κ3) is 4.00. The lowest BCUT2D eigenvalue weighted by atomic mass is 9.96. The number of nitrogens with zero attached hydrogens (tertiary/aromatic N) is 5. The van der Waals surface area contributed by atoms with Gasteiger partial charge in [-0.25, -0.2) is 4.68 Å². The summed E-state index contributed by atoms with van der Waals surface area (Å²) in [6.45, 7) is 6.93. The van der Waals surface area contributed by atoms with Crippen LogP contribution in [0.2, 0.25) is 0 Å². The summed E-state index contributed by atoms with van der Waals surface area (Å²) in [6, 6.07) is 13.4. The van der Waals surface area contributed by atoms with Crippen LogP contribution in [-0.2, 0) is 12.0 Å². The average molecular weight is 475 g/mol. The normalized spacial score (nSPS) is 14.6. The number of anilines is 1. The van der Waals surface area contributed by atoms with Crippen LogP contribution in [0.3, 0.4) is 0 Å². The molecule has 5 rings (SSSR count). The maximum atomic E-state index is 13.6. The predicted octanol–water partition coefficient (Wildman–Crippen LogP) is 3.83. The zero-order valence-corrected chi connectivity index (χ0v) is 20.7. The van der Waals surface area contributed by atoms with Crippen molar-refractivity contribution in [2.24, 2.45) is 0 Å². The minimum atomic E-state index is -0.480. The van der Waals surface area contributed by atoms with Gasteiger partial charge in [0.1, 0.15) is 6.04 Å². The first kappa shape index (κ1) is 22.9. The maximum Gasteiger partial charge on any atom is 0.254 e. The molecule has 0 saturated carbocycles. The molecule has 0 radical (unpaired) electrons. The Labute approximate surface area is 203 Å². The molecule has 2 aromatic heterocycles. The largest absolute Gasteiger partial charge is 0.493 e. The van der Waals surface area contributed by atoms with Gasteiger partial charge < -0.3 is 19.4 Å². The highest BCUT2D eigenvalue weighted by Gasteiger charge is 2.35. The number of rotatable bonds is 5. The third-order valence-corrected chi connectivity index (χ3v) is 6.50. The minimum Gasteiger partial charge on any atom is -0.493 e. The lowest BCUT2D eigenvalue weighted by Crippen LogP contribution is -2.40. The summed E-state index contributed by atoms with van der Waals surface area (Å²) in [5.74, 6) is 1.78. The Morgan fingerprint density at radius 3 is 2.54 bits per heavy atom. The molecule has 35 heavy (non-hydrogen) atoms. The van der Waals surface area contributed by atoms with Crippen LogP contribution >= 0.6 is 0 Å². The fourth-order valence-electron chi connectivity index (χ4n) is 4.87. The summed E-state index contributed by atoms with van der Waals surface area (Å²) >= 11 is 0. The van der Waals surface area contributed by atoms with E-state index in [0.717, 1.165) is 30.5 Å². The van der Waals surface area contributed by atoms with Gasteiger partial charge in [0.15, 0.2) is 17.3 Å². The van der Waals surface area contributed by atoms with E-state index in [1.165, 1.54) is 5.56 Å². The summed E-state index contributed by atoms with van der Waals surface area (Å²) in [4.78, 5) is 18.9. The molecule has 2 aromatic carbocycles. The van der Waals surface area contributed by atoms with E-state index >= 15 is 0 Å². The summed E-state index contributed by atoms with van der Waals surface area (Å²) in [5, 5.41) is 13.6. The van der Waals surface area contributed by atoms with E-state index in [4.69, 9.17) is 9.47 Å². The van der Waals surface area contributed by atoms with Gasteiger partial charge in [-0.15, -0.1) is 5.10 Å². The summed E-state index contributed by atoms with van der Waals surface area (Å²) in [5.41, 5.74) is 3.03. The predicted molar refractivity (Wildman–Crippen MR) is 134 cm³/mol. The smallest absolute Gasteiger partial charge is 0.254 e. The van der Waals surface area contributed by atoms with Crippen molar-refractivity contribution in [3.05, 3.63) is 69.8 Å². The van der Waals surface area contributed by atoms with Crippen LogP contribution in [0.1, 0.15) is 50.2 Å². The average Bonchev–Trinajstić information content (AvgIpc) is 3.34. The molecule has 9 nitrogen and oxygen atoms in total. The molecule has 1 N–H and O–H groups in total. The molecule has 0 bridgehead atoms. The van der Waals surface area contributed by atoms with Gasteiger partial charge >= 0.3 is 0 Å². The van der Waals surface area contributed by atoms with Crippen molar-refractivity contribution < 1.29 is 9.47 Å². The van der Waals surface area contributed by atoms with Crippen LogP contribution in [0.4, 0.5) is 5.69 Å². The van der Waals surface area contributed by atoms with E-state index in [2.05, 4.69) is 64.4 Å². The number of aromatic amines is 1. The van der Waals surface area contributed by atoms with Crippen LogP contribution in [0.15, 0.2) is 47.3 Å². The van der Waals surface area contributed by atoms with Crippen LogP contribution in [0.5, 0.6) is 11.5 Å². The number of pyridine rings is 1. The number of fused-ring (bicyclic) bond motifs is 2. The van der Waals surface area contributed by atoms with Crippen molar-refractivity contribution in [2.45, 2.75) is 45.2 Å². The number of ether oxygens (including phenoxy) is 2. The van der Waals surface area contributed by atoms with Crippen molar-refractivity contribution >= 4 is 16.6 Å². The number of aryl methyl sites for hydroxylation is 1. The molecule has 0 spiro atoms. The summed E-state index contributed by atoms with van der Waals surface area (Å²) < 4.78 is 12.7. The van der Waals surface area contributed by atoms with E-state index in [0.29, 0.717) is 28.4 Å². The van der Waals surface area contributed by atoms with Gasteiger partial charge in [0.25, 0.3) is 5.56 Å². The van der Waals surface area contributed by atoms with Crippen LogP contribution in [-0.4, -0.2) is 46.0 Å². The van der Waals surface area contributed by atoms with Crippen molar-refractivity contribution in [3.8, 4) is 11.5 Å². The van der Waals surface area contributed by atoms with E-state index in [1.54, 1.807) is 20.3 Å². The standard InChI is InChI=1S/C26H30N6O3/c1-26(2,3)32-24(28-29-30-32)23(31-12-8-10-16-9-6-7-11-20(16)31)18-13-17-14-21(34-4)22(35-5)15-19(17)27-25(18)33/h6-7,9,11,13-15,23H,8,10,12H2,1-5H3,(H,27,33)/t23-/m1/s1. The highest BCUT2D eigenvalue weighted by Crippen LogP contribution is 2.38. The topological polar surface area (TPSA) is 98.2 Å². The highest BCUT2D eigenvalue weighted by molar-refractivity contribution is 5.83. The number of para-hydroxylation sites is 1. The van der Waals surface area contributed by atoms with E-state index in [9.17, 15) is 4.79 Å². The van der Waals surface area contributed by atoms with E-state index in [1.807, 2.05) is 22.9 Å². The second kappa shape index (κ2) is 8.72. The molecule has 1 atom stereocenters. The molecule has 0 amide bonds. The van der Waals surface area contributed by atoms with Gasteiger partial charge in [0.05, 0.1) is 25.3 Å². The lowest BCUT2D eigenvalue weighted by Gasteiger charge is -2.38. The van der Waals surface area contributed by atoms with Gasteiger partial charge in [-0.1, -0.05) is 18.2 Å². The van der Waals surface area contributed by atoms with Gasteiger partial charge in [0, 0.05) is 29.2 Å². The molecule has 0 aliphatic carbocycles. The zero-order chi connectivity index (χ0) is 24.7. The SMILES string of the molecule is COc1cc2cc([C@H](c3nnnn3C(C)(C)C)N3CCCc4ccccc43)c(=O)[nH]c2cc1OC. The van der Waals surface area contributed by atoms with Crippen molar-refractivity contribution in [2.75, 3.05) is 25.7 Å². The quantitative estimate of drug-likeness (QED) is 0.469. The third-order valence-electron chi connectivity index (χ3n) is 6.50. The monoisotopic (exact) mass is 474 g/mol. The number of hydrogen-bond acceptors (Lipinski definition) is 7. The first-order chi connectivity index (χ1) is 16.8. The molecular formula is C26H30N6O3. The first-order valence-electron chi connectivity index (χ1n) is 11.7. The fourth-order valence-corrected chi connectivity index (χ4v) is 4.87. The second-order valence-corrected chi connectivity index (χ2v) is 9.80. The van der Waals surface area contributed by atoms with Crippen molar-refractivity contribution in [1.29, 1.82) is 0 Å². The Morgan fingerprint density at radius 2 is 1.80 bits per heavy atom. The summed E-state index contributed by atoms with van der Waals surface area (Å²) in [7, 11) is 3.17. The Kier molecular flexibility index (Phi) is 5.70. The number of aromatic nitrogens is 5. The maximum absolute atomic E-state index is 13.6. The number of benzene rings is 2. The molecule has 0 fully saturated rings.